The molecule has 0 saturated carbocycles. The van der Waals surface area contributed by atoms with Crippen molar-refractivity contribution in [1.82, 2.24) is 15.5 Å². The van der Waals surface area contributed by atoms with Gasteiger partial charge >= 0.3 is 6.09 Å². The summed E-state index contributed by atoms with van der Waals surface area (Å²) in [6, 6.07) is 17.6. The molecule has 3 fully saturated rings. The van der Waals surface area contributed by atoms with Crippen molar-refractivity contribution < 1.29 is 14.3 Å². The largest absolute Gasteiger partial charge is 0.453 e. The molecule has 5 heterocycles. The Hall–Kier alpha value is -4.04. The van der Waals surface area contributed by atoms with Crippen LogP contribution in [0.1, 0.15) is 68.9 Å². The van der Waals surface area contributed by atoms with Crippen molar-refractivity contribution >= 4 is 34.6 Å². The van der Waals surface area contributed by atoms with Crippen LogP contribution in [0, 0.1) is 0 Å². The number of hydrogen-bond acceptors (Lipinski definition) is 6. The van der Waals surface area contributed by atoms with E-state index in [1.165, 1.54) is 53.5 Å². The summed E-state index contributed by atoms with van der Waals surface area (Å²) >= 11 is 0. The van der Waals surface area contributed by atoms with E-state index >= 15 is 0 Å². The summed E-state index contributed by atoms with van der Waals surface area (Å²) in [4.78, 5) is 36.9. The second kappa shape index (κ2) is 11.9. The average Bonchev–Trinajstić information content (AvgIpc) is 3.86. The van der Waals surface area contributed by atoms with E-state index in [4.69, 9.17) is 14.7 Å². The third kappa shape index (κ3) is 5.56. The van der Waals surface area contributed by atoms with Gasteiger partial charge < -0.3 is 20.3 Å². The van der Waals surface area contributed by atoms with Gasteiger partial charge in [-0.25, -0.2) is 4.79 Å². The Morgan fingerprint density at radius 1 is 0.814 bits per heavy atom. The zero-order chi connectivity index (χ0) is 29.3. The summed E-state index contributed by atoms with van der Waals surface area (Å²) in [5.41, 5.74) is 9.54. The summed E-state index contributed by atoms with van der Waals surface area (Å²) in [7, 11) is 1.33. The SMILES string of the molecule is COC(=O)N[C@H]1CCC[C@@H]2CC[C@@H](C3=NC=C(c4ccc(-c5ccc(C6=CN=C([C@@H]7CCCN7)C6)cc5)cc4)C3)N2C1=O. The van der Waals surface area contributed by atoms with Crippen molar-refractivity contribution in [2.24, 2.45) is 9.98 Å². The predicted molar refractivity (Wildman–Crippen MR) is 170 cm³/mol. The maximum atomic E-state index is 13.5. The Balaban J connectivity index is 0.976. The van der Waals surface area contributed by atoms with E-state index < -0.39 is 12.1 Å². The van der Waals surface area contributed by atoms with Gasteiger partial charge in [0.25, 0.3) is 0 Å². The summed E-state index contributed by atoms with van der Waals surface area (Å²) in [6.07, 6.45) is 11.9. The highest BCUT2D eigenvalue weighted by Crippen LogP contribution is 2.37. The van der Waals surface area contributed by atoms with Gasteiger partial charge in [-0.1, -0.05) is 48.5 Å². The third-order valence-corrected chi connectivity index (χ3v) is 9.77. The molecule has 5 aliphatic rings. The highest BCUT2D eigenvalue weighted by molar-refractivity contribution is 6.04. The second-order valence-corrected chi connectivity index (χ2v) is 12.3. The Morgan fingerprint density at radius 3 is 2.07 bits per heavy atom. The van der Waals surface area contributed by atoms with Crippen molar-refractivity contribution in [1.29, 1.82) is 0 Å². The van der Waals surface area contributed by atoms with Crippen molar-refractivity contribution in [2.75, 3.05) is 13.7 Å². The molecule has 0 unspecified atom stereocenters. The molecule has 8 nitrogen and oxygen atoms in total. The minimum Gasteiger partial charge on any atom is -0.453 e. The van der Waals surface area contributed by atoms with Crippen LogP contribution in [-0.4, -0.2) is 66.1 Å². The van der Waals surface area contributed by atoms with Crippen LogP contribution in [-0.2, 0) is 9.53 Å². The van der Waals surface area contributed by atoms with E-state index in [0.29, 0.717) is 12.5 Å². The number of nitrogens with zero attached hydrogens (tertiary/aromatic N) is 3. The first-order valence-corrected chi connectivity index (χ1v) is 15.7. The lowest BCUT2D eigenvalue weighted by Gasteiger charge is -2.31. The van der Waals surface area contributed by atoms with Crippen LogP contribution in [0.4, 0.5) is 4.79 Å². The van der Waals surface area contributed by atoms with Crippen molar-refractivity contribution in [2.45, 2.75) is 82.0 Å². The predicted octanol–water partition coefficient (Wildman–Crippen LogP) is 5.74. The maximum absolute atomic E-state index is 13.5. The lowest BCUT2D eigenvalue weighted by Crippen LogP contribution is -2.52. The molecule has 2 amide bonds. The molecular formula is C35H39N5O3. The number of methoxy groups -OCH3 is 1. The first-order valence-electron chi connectivity index (χ1n) is 15.7. The van der Waals surface area contributed by atoms with Crippen LogP contribution in [0.2, 0.25) is 0 Å². The summed E-state index contributed by atoms with van der Waals surface area (Å²) in [5, 5.41) is 6.31. The van der Waals surface area contributed by atoms with Gasteiger partial charge in [-0.3, -0.25) is 14.8 Å². The van der Waals surface area contributed by atoms with Gasteiger partial charge in [0, 0.05) is 48.7 Å². The molecule has 5 aliphatic heterocycles. The van der Waals surface area contributed by atoms with Crippen molar-refractivity contribution in [3.05, 3.63) is 72.1 Å². The number of aliphatic imine (C=N–C) groups is 2. The molecule has 43 heavy (non-hydrogen) atoms. The van der Waals surface area contributed by atoms with Crippen molar-refractivity contribution in [3.8, 4) is 11.1 Å². The Labute approximate surface area is 253 Å². The highest BCUT2D eigenvalue weighted by Gasteiger charge is 2.44. The van der Waals surface area contributed by atoms with Gasteiger partial charge in [0.1, 0.15) is 6.04 Å². The molecule has 222 valence electrons. The lowest BCUT2D eigenvalue weighted by molar-refractivity contribution is -0.134. The standard InChI is InChI=1S/C35H39N5O3/c1-43-35(42)39-30-5-2-4-28-15-16-33(40(28)34(30)41)32-19-27(21-38-32)25-13-9-23(10-14-25)22-7-11-24(12-8-22)26-18-31(37-20-26)29-6-3-17-36-29/h7-14,20-21,28-30,33,36H,2-6,15-19H2,1H3,(H,39,42)/t28-,29+,30+,33+/m1/s1. The molecule has 2 aromatic rings. The lowest BCUT2D eigenvalue weighted by atomic mass is 9.95. The Kier molecular flexibility index (Phi) is 7.70. The summed E-state index contributed by atoms with van der Waals surface area (Å²) < 4.78 is 4.76. The van der Waals surface area contributed by atoms with Crippen LogP contribution in [0.25, 0.3) is 22.3 Å². The molecule has 8 heteroatoms. The van der Waals surface area contributed by atoms with Crippen LogP contribution in [0.3, 0.4) is 0 Å². The molecule has 0 spiro atoms. The first kappa shape index (κ1) is 27.8. The maximum Gasteiger partial charge on any atom is 0.407 e. The van der Waals surface area contributed by atoms with E-state index in [0.717, 1.165) is 56.3 Å². The number of fused-ring (bicyclic) bond motifs is 1. The number of amides is 2. The molecule has 0 aliphatic carbocycles. The van der Waals surface area contributed by atoms with E-state index in [9.17, 15) is 9.59 Å². The molecule has 4 atom stereocenters. The number of allylic oxidation sites excluding steroid dienone is 2. The topological polar surface area (TPSA) is 95.4 Å². The van der Waals surface area contributed by atoms with Gasteiger partial charge in [0.2, 0.25) is 5.91 Å². The van der Waals surface area contributed by atoms with Gasteiger partial charge in [0.05, 0.1) is 13.2 Å². The molecule has 2 N–H and O–H groups in total. The third-order valence-electron chi connectivity index (χ3n) is 9.77. The number of carbonyl (C=O) groups is 2. The van der Waals surface area contributed by atoms with Gasteiger partial charge in [-0.05, 0) is 84.9 Å². The first-order chi connectivity index (χ1) is 21.1. The molecule has 0 aromatic heterocycles. The molecule has 3 saturated heterocycles. The van der Waals surface area contributed by atoms with Crippen LogP contribution in [0.5, 0.6) is 0 Å². The number of benzene rings is 2. The number of carbonyl (C=O) groups excluding carboxylic acids is 2. The zero-order valence-corrected chi connectivity index (χ0v) is 24.7. The number of nitrogens with one attached hydrogen (secondary N) is 2. The second-order valence-electron chi connectivity index (χ2n) is 12.3. The molecule has 7 rings (SSSR count). The Bertz CT molecular complexity index is 1520. The van der Waals surface area contributed by atoms with E-state index in [1.807, 2.05) is 17.3 Å². The molecule has 0 bridgehead atoms. The fourth-order valence-corrected chi connectivity index (χ4v) is 7.41. The van der Waals surface area contributed by atoms with E-state index in [1.54, 1.807) is 0 Å². The number of hydrogen-bond donors (Lipinski definition) is 2. The van der Waals surface area contributed by atoms with Crippen molar-refractivity contribution in [3.63, 3.8) is 0 Å². The fourth-order valence-electron chi connectivity index (χ4n) is 7.41. The van der Waals surface area contributed by atoms with Gasteiger partial charge in [-0.2, -0.15) is 0 Å². The normalized spacial score (nSPS) is 26.8. The van der Waals surface area contributed by atoms with Crippen LogP contribution >= 0.6 is 0 Å². The minimum atomic E-state index is -0.555. The highest BCUT2D eigenvalue weighted by atomic mass is 16.5. The molecule has 0 radical (unpaired) electrons. The monoisotopic (exact) mass is 577 g/mol. The number of rotatable bonds is 6. The quantitative estimate of drug-likeness (QED) is 0.458. The van der Waals surface area contributed by atoms with Crippen LogP contribution < -0.4 is 10.6 Å². The summed E-state index contributed by atoms with van der Waals surface area (Å²) in [5.74, 6) is -0.00932. The molecule has 2 aromatic carbocycles. The number of alkyl carbamates (subject to hydrolysis) is 1. The number of ether oxygens (including phenoxy) is 1. The minimum absolute atomic E-state index is 0.00932. The Morgan fingerprint density at radius 2 is 1.44 bits per heavy atom. The molecular weight excluding hydrogens is 538 g/mol. The van der Waals surface area contributed by atoms with Crippen LogP contribution in [0.15, 0.2) is 70.9 Å². The fraction of sp³-hybridized carbons (Fsp3) is 0.429. The van der Waals surface area contributed by atoms with E-state index in [2.05, 4.69) is 59.2 Å². The van der Waals surface area contributed by atoms with Gasteiger partial charge in [0.15, 0.2) is 0 Å². The smallest absolute Gasteiger partial charge is 0.407 e. The average molecular weight is 578 g/mol. The van der Waals surface area contributed by atoms with E-state index in [-0.39, 0.29) is 18.0 Å². The van der Waals surface area contributed by atoms with Gasteiger partial charge in [-0.15, -0.1) is 0 Å². The zero-order valence-electron chi connectivity index (χ0n) is 24.7. The summed E-state index contributed by atoms with van der Waals surface area (Å²) in [6.45, 7) is 1.09.